The smallest absolute Gasteiger partial charge is 0.300 e. The number of aryl methyl sites for hydroxylation is 1. The van der Waals surface area contributed by atoms with Crippen molar-refractivity contribution in [3.05, 3.63) is 63.5 Å². The summed E-state index contributed by atoms with van der Waals surface area (Å²) in [5.41, 5.74) is 10.4. The van der Waals surface area contributed by atoms with Crippen molar-refractivity contribution < 1.29 is 18.7 Å². The average Bonchev–Trinajstić information content (AvgIpc) is 2.81. The number of nitrogens with zero attached hydrogens (tertiary/aromatic N) is 4. The zero-order valence-corrected chi connectivity index (χ0v) is 22.3. The van der Waals surface area contributed by atoms with Crippen molar-refractivity contribution in [2.45, 2.75) is 70.8 Å². The van der Waals surface area contributed by atoms with Crippen LogP contribution in [0, 0.1) is 0 Å². The number of carboxylic acids is 1. The Balaban J connectivity index is 0.000000934. The van der Waals surface area contributed by atoms with E-state index in [1.165, 1.54) is 11.4 Å². The second-order valence-electron chi connectivity index (χ2n) is 9.94. The molecule has 38 heavy (non-hydrogen) atoms. The topological polar surface area (TPSA) is 131 Å². The van der Waals surface area contributed by atoms with Gasteiger partial charge in [-0.3, -0.25) is 9.59 Å². The molecule has 2 aromatic rings. The van der Waals surface area contributed by atoms with Crippen LogP contribution in [0.15, 0.2) is 41.0 Å². The molecule has 208 valence electrons. The SMILES string of the molecule is CC(=O)O.CCc1nc(/C(N)=C(\Cn2cc(C3CCC3)ccc2=O)N(C)N)ccc1N1CCCC(F)(F)C1. The van der Waals surface area contributed by atoms with E-state index in [9.17, 15) is 13.6 Å². The predicted molar refractivity (Wildman–Crippen MR) is 144 cm³/mol. The van der Waals surface area contributed by atoms with Crippen LogP contribution in [0.1, 0.15) is 68.8 Å². The molecule has 0 spiro atoms. The molecule has 9 nitrogen and oxygen atoms in total. The standard InChI is InChI=1S/C25H34F2N6O.C2H4O2/c1-3-19-21(32-13-5-12-25(26,27)16-32)10-9-20(30-19)24(28)22(31(2)29)15-33-14-18(8-11-23(33)34)17-6-4-7-17;1-2(3)4/h8-11,14,17H,3-7,12-13,15-16,28-29H2,1-2H3;1H3,(H,3,4)/b24-22-;. The molecule has 4 rings (SSSR count). The molecular weight excluding hydrogens is 494 g/mol. The third-order valence-corrected chi connectivity index (χ3v) is 6.93. The van der Waals surface area contributed by atoms with Gasteiger partial charge in [0.1, 0.15) is 0 Å². The summed E-state index contributed by atoms with van der Waals surface area (Å²) < 4.78 is 29.6. The summed E-state index contributed by atoms with van der Waals surface area (Å²) in [4.78, 5) is 28.0. The Hall–Kier alpha value is -3.47. The summed E-state index contributed by atoms with van der Waals surface area (Å²) in [7, 11) is 1.67. The molecule has 1 saturated carbocycles. The first kappa shape index (κ1) is 29.1. The molecule has 1 aliphatic carbocycles. The minimum atomic E-state index is -2.70. The van der Waals surface area contributed by atoms with Crippen molar-refractivity contribution in [1.82, 2.24) is 14.6 Å². The van der Waals surface area contributed by atoms with E-state index in [4.69, 9.17) is 26.5 Å². The van der Waals surface area contributed by atoms with E-state index in [1.54, 1.807) is 28.6 Å². The first-order valence-electron chi connectivity index (χ1n) is 12.9. The molecule has 3 heterocycles. The lowest BCUT2D eigenvalue weighted by Gasteiger charge is -2.35. The molecule has 1 aliphatic heterocycles. The Morgan fingerprint density at radius 2 is 1.92 bits per heavy atom. The molecule has 0 unspecified atom stereocenters. The molecule has 2 aromatic heterocycles. The summed E-state index contributed by atoms with van der Waals surface area (Å²) >= 11 is 0. The highest BCUT2D eigenvalue weighted by Gasteiger charge is 2.36. The first-order chi connectivity index (χ1) is 17.9. The molecule has 0 amide bonds. The van der Waals surface area contributed by atoms with Crippen molar-refractivity contribution in [3.63, 3.8) is 0 Å². The van der Waals surface area contributed by atoms with Gasteiger partial charge in [-0.15, -0.1) is 0 Å². The lowest BCUT2D eigenvalue weighted by molar-refractivity contribution is -0.134. The van der Waals surface area contributed by atoms with E-state index < -0.39 is 11.9 Å². The van der Waals surface area contributed by atoms with Gasteiger partial charge in [-0.25, -0.2) is 19.6 Å². The zero-order chi connectivity index (χ0) is 28.0. The van der Waals surface area contributed by atoms with E-state index in [0.717, 1.165) is 25.3 Å². The number of halogens is 2. The van der Waals surface area contributed by atoms with E-state index >= 15 is 0 Å². The molecule has 0 bridgehead atoms. The highest BCUT2D eigenvalue weighted by Crippen LogP contribution is 2.36. The first-order valence-corrected chi connectivity index (χ1v) is 12.9. The van der Waals surface area contributed by atoms with Crippen LogP contribution in [0.5, 0.6) is 0 Å². The fraction of sp³-hybridized carbons (Fsp3) is 0.519. The summed E-state index contributed by atoms with van der Waals surface area (Å²) in [6.07, 6.45) is 6.32. The third-order valence-electron chi connectivity index (χ3n) is 6.93. The minimum absolute atomic E-state index is 0.0837. The van der Waals surface area contributed by atoms with Gasteiger partial charge < -0.3 is 25.3 Å². The van der Waals surface area contributed by atoms with E-state index in [0.29, 0.717) is 53.8 Å². The summed E-state index contributed by atoms with van der Waals surface area (Å²) in [5, 5.41) is 8.82. The van der Waals surface area contributed by atoms with Crippen molar-refractivity contribution in [2.24, 2.45) is 11.6 Å². The van der Waals surface area contributed by atoms with Gasteiger partial charge in [0.15, 0.2) is 0 Å². The number of nitrogens with two attached hydrogens (primary N) is 2. The Labute approximate surface area is 221 Å². The number of likely N-dealkylation sites (N-methyl/N-ethyl adjacent to an activating group) is 1. The van der Waals surface area contributed by atoms with Gasteiger partial charge in [-0.1, -0.05) is 19.4 Å². The highest BCUT2D eigenvalue weighted by atomic mass is 19.3. The van der Waals surface area contributed by atoms with Gasteiger partial charge >= 0.3 is 0 Å². The van der Waals surface area contributed by atoms with Crippen molar-refractivity contribution in [1.29, 1.82) is 0 Å². The maximum absolute atomic E-state index is 14.0. The second kappa shape index (κ2) is 12.4. The van der Waals surface area contributed by atoms with Crippen molar-refractivity contribution >= 4 is 17.4 Å². The number of hydrogen-bond donors (Lipinski definition) is 3. The summed E-state index contributed by atoms with van der Waals surface area (Å²) in [5.74, 6) is 3.08. The van der Waals surface area contributed by atoms with Crippen LogP contribution in [0.4, 0.5) is 14.5 Å². The maximum atomic E-state index is 14.0. The monoisotopic (exact) mass is 532 g/mol. The minimum Gasteiger partial charge on any atom is -0.481 e. The number of rotatable bonds is 7. The molecule has 0 atom stereocenters. The normalized spacial score (nSPS) is 17.6. The Kier molecular flexibility index (Phi) is 9.48. The molecule has 2 aliphatic rings. The quantitative estimate of drug-likeness (QED) is 0.365. The number of aliphatic carboxylic acids is 1. The molecule has 5 N–H and O–H groups in total. The number of hydrogen-bond acceptors (Lipinski definition) is 7. The average molecular weight is 533 g/mol. The van der Waals surface area contributed by atoms with Gasteiger partial charge in [-0.2, -0.15) is 0 Å². The fourth-order valence-electron chi connectivity index (χ4n) is 4.72. The number of alkyl halides is 2. The highest BCUT2D eigenvalue weighted by molar-refractivity contribution is 5.65. The Bertz CT molecular complexity index is 1220. The zero-order valence-electron chi connectivity index (χ0n) is 22.3. The number of hydrazine groups is 1. The third kappa shape index (κ3) is 7.31. The number of carbonyl (C=O) groups is 1. The lowest BCUT2D eigenvalue weighted by atomic mass is 9.81. The molecule has 1 saturated heterocycles. The number of allylic oxidation sites excluding steroid dienone is 1. The van der Waals surface area contributed by atoms with Crippen LogP contribution >= 0.6 is 0 Å². The van der Waals surface area contributed by atoms with Crippen LogP contribution in [0.25, 0.3) is 5.70 Å². The second-order valence-corrected chi connectivity index (χ2v) is 9.94. The fourth-order valence-corrected chi connectivity index (χ4v) is 4.72. The number of carboxylic acid groups (broad SMARTS) is 1. The molecule has 11 heteroatoms. The van der Waals surface area contributed by atoms with E-state index in [-0.39, 0.29) is 25.1 Å². The molecular formula is C27H38F2N6O3. The van der Waals surface area contributed by atoms with Gasteiger partial charge in [0.2, 0.25) is 0 Å². The van der Waals surface area contributed by atoms with Crippen LogP contribution < -0.4 is 22.0 Å². The van der Waals surface area contributed by atoms with Gasteiger partial charge in [-0.05, 0) is 49.3 Å². The van der Waals surface area contributed by atoms with Crippen molar-refractivity contribution in [3.8, 4) is 0 Å². The number of pyridine rings is 2. The lowest BCUT2D eigenvalue weighted by Crippen LogP contribution is -2.43. The number of anilines is 1. The molecule has 0 aromatic carbocycles. The van der Waals surface area contributed by atoms with Gasteiger partial charge in [0.05, 0.1) is 41.6 Å². The van der Waals surface area contributed by atoms with E-state index in [1.807, 2.05) is 25.3 Å². The Morgan fingerprint density at radius 1 is 1.24 bits per heavy atom. The van der Waals surface area contributed by atoms with Crippen LogP contribution in [-0.2, 0) is 17.8 Å². The largest absolute Gasteiger partial charge is 0.481 e. The summed E-state index contributed by atoms with van der Waals surface area (Å²) in [6.45, 7) is 3.51. The van der Waals surface area contributed by atoms with Crippen molar-refractivity contribution in [2.75, 3.05) is 25.0 Å². The van der Waals surface area contributed by atoms with Crippen LogP contribution in [0.2, 0.25) is 0 Å². The van der Waals surface area contributed by atoms with Crippen LogP contribution in [0.3, 0.4) is 0 Å². The predicted octanol–water partition coefficient (Wildman–Crippen LogP) is 3.53. The van der Waals surface area contributed by atoms with Gasteiger partial charge in [0.25, 0.3) is 17.5 Å². The van der Waals surface area contributed by atoms with E-state index in [2.05, 4.69) is 0 Å². The maximum Gasteiger partial charge on any atom is 0.300 e. The number of aromatic nitrogens is 2. The van der Waals surface area contributed by atoms with Gasteiger partial charge in [0, 0.05) is 39.2 Å². The van der Waals surface area contributed by atoms with Crippen LogP contribution in [-0.4, -0.2) is 51.7 Å². The molecule has 2 fully saturated rings. The number of piperidine rings is 1. The summed E-state index contributed by atoms with van der Waals surface area (Å²) in [6, 6.07) is 7.05. The Morgan fingerprint density at radius 3 is 2.47 bits per heavy atom. The molecule has 0 radical (unpaired) electrons.